The fourth-order valence-electron chi connectivity index (χ4n) is 6.95. The first-order valence-electron chi connectivity index (χ1n) is 14.6. The topological polar surface area (TPSA) is 158 Å². The smallest absolute Gasteiger partial charge is 0.236 e. The SMILES string of the molecule is NC(=O)C1NCC(N[C@H]2CCCC[C@H]2[NH3+])CC1NC1CNC(C2CSC3C(=O)C=C(N4CCOCC4)OC32)S1. The third-order valence-corrected chi connectivity index (χ3v) is 12.0. The third-order valence-electron chi connectivity index (χ3n) is 9.11. The number of amides is 1. The number of fused-ring (bicyclic) bond motifs is 1. The molecule has 6 aliphatic rings. The van der Waals surface area contributed by atoms with Crippen LogP contribution in [0.2, 0.25) is 0 Å². The highest BCUT2D eigenvalue weighted by molar-refractivity contribution is 8.01. The summed E-state index contributed by atoms with van der Waals surface area (Å²) in [7, 11) is 0. The maximum atomic E-state index is 13.0. The van der Waals surface area contributed by atoms with Crippen molar-refractivity contribution in [3.8, 4) is 0 Å². The zero-order valence-electron chi connectivity index (χ0n) is 22.5. The van der Waals surface area contributed by atoms with Gasteiger partial charge < -0.3 is 41.8 Å². The molecule has 13 heteroatoms. The summed E-state index contributed by atoms with van der Waals surface area (Å²) in [6.07, 6.45) is 7.26. The van der Waals surface area contributed by atoms with E-state index in [1.54, 1.807) is 17.8 Å². The number of hydrogen-bond acceptors (Lipinski definition) is 11. The molecule has 5 aliphatic heterocycles. The maximum absolute atomic E-state index is 13.0. The van der Waals surface area contributed by atoms with Crippen molar-refractivity contribution in [2.24, 2.45) is 11.7 Å². The minimum absolute atomic E-state index is 0.0484. The van der Waals surface area contributed by atoms with Gasteiger partial charge in [0.1, 0.15) is 17.4 Å². The van der Waals surface area contributed by atoms with E-state index >= 15 is 0 Å². The Hall–Kier alpha value is -1.06. The van der Waals surface area contributed by atoms with E-state index in [-0.39, 0.29) is 51.8 Å². The highest BCUT2D eigenvalue weighted by Gasteiger charge is 2.50. The van der Waals surface area contributed by atoms with Crippen LogP contribution >= 0.6 is 23.5 Å². The molecule has 9 N–H and O–H groups in total. The summed E-state index contributed by atoms with van der Waals surface area (Å²) < 4.78 is 12.0. The van der Waals surface area contributed by atoms with Gasteiger partial charge >= 0.3 is 0 Å². The molecule has 1 aliphatic carbocycles. The molecule has 6 rings (SSSR count). The van der Waals surface area contributed by atoms with E-state index in [0.717, 1.165) is 38.4 Å². The van der Waals surface area contributed by atoms with Crippen molar-refractivity contribution >= 4 is 35.2 Å². The Bertz CT molecular complexity index is 938. The van der Waals surface area contributed by atoms with Gasteiger partial charge in [-0.15, -0.1) is 23.5 Å². The summed E-state index contributed by atoms with van der Waals surface area (Å²) in [5.41, 5.74) is 10.2. The minimum Gasteiger partial charge on any atom is -0.474 e. The molecule has 8 unspecified atom stereocenters. The Kier molecular flexibility index (Phi) is 8.95. The lowest BCUT2D eigenvalue weighted by Gasteiger charge is -2.40. The number of ether oxygens (including phenoxy) is 2. The van der Waals surface area contributed by atoms with E-state index in [1.165, 1.54) is 25.7 Å². The molecule has 0 aromatic heterocycles. The monoisotopic (exact) mass is 582 g/mol. The normalized spacial score (nSPS) is 43.1. The molecule has 1 amide bonds. The van der Waals surface area contributed by atoms with Gasteiger partial charge in [-0.1, -0.05) is 6.42 Å². The van der Waals surface area contributed by atoms with Crippen LogP contribution in [0.15, 0.2) is 12.0 Å². The molecule has 1 saturated carbocycles. The van der Waals surface area contributed by atoms with Crippen LogP contribution in [-0.4, -0.2) is 114 Å². The number of carbonyl (C=O) groups excluding carboxylic acids is 2. The lowest BCUT2D eigenvalue weighted by Crippen LogP contribution is -2.72. The Morgan fingerprint density at radius 3 is 2.74 bits per heavy atom. The zero-order chi connectivity index (χ0) is 26.9. The number of ketones is 1. The average molecular weight is 583 g/mol. The molecule has 218 valence electrons. The van der Waals surface area contributed by atoms with E-state index in [2.05, 4.69) is 31.9 Å². The number of nitrogens with two attached hydrogens (primary N) is 1. The van der Waals surface area contributed by atoms with E-state index in [1.807, 2.05) is 11.8 Å². The van der Waals surface area contributed by atoms with Gasteiger partial charge in [-0.25, -0.2) is 0 Å². The predicted molar refractivity (Wildman–Crippen MR) is 152 cm³/mol. The first-order valence-corrected chi connectivity index (χ1v) is 16.6. The van der Waals surface area contributed by atoms with Gasteiger partial charge in [-0.2, -0.15) is 0 Å². The van der Waals surface area contributed by atoms with Crippen LogP contribution in [0.4, 0.5) is 0 Å². The molecule has 0 aromatic rings. The summed E-state index contributed by atoms with van der Waals surface area (Å²) in [4.78, 5) is 27.4. The van der Waals surface area contributed by atoms with Gasteiger partial charge in [-0.3, -0.25) is 14.9 Å². The molecule has 4 saturated heterocycles. The summed E-state index contributed by atoms with van der Waals surface area (Å²) >= 11 is 3.57. The largest absolute Gasteiger partial charge is 0.474 e. The number of quaternary nitrogens is 1. The van der Waals surface area contributed by atoms with Gasteiger partial charge in [0.15, 0.2) is 11.7 Å². The lowest BCUT2D eigenvalue weighted by atomic mass is 9.88. The predicted octanol–water partition coefficient (Wildman–Crippen LogP) is -1.84. The van der Waals surface area contributed by atoms with Crippen molar-refractivity contribution in [1.29, 1.82) is 0 Å². The molecule has 5 heterocycles. The van der Waals surface area contributed by atoms with Crippen LogP contribution < -0.4 is 32.7 Å². The van der Waals surface area contributed by atoms with Gasteiger partial charge in [0.2, 0.25) is 5.91 Å². The number of morpholine rings is 1. The first-order chi connectivity index (χ1) is 19.0. The summed E-state index contributed by atoms with van der Waals surface area (Å²) in [5, 5.41) is 14.9. The van der Waals surface area contributed by atoms with E-state index < -0.39 is 6.04 Å². The second kappa shape index (κ2) is 12.4. The van der Waals surface area contributed by atoms with E-state index in [9.17, 15) is 9.59 Å². The number of hydrogen-bond donors (Lipinski definition) is 6. The van der Waals surface area contributed by atoms with Gasteiger partial charge in [0, 0.05) is 62.4 Å². The number of allylic oxidation sites excluding steroid dienone is 1. The highest BCUT2D eigenvalue weighted by atomic mass is 32.2. The van der Waals surface area contributed by atoms with E-state index in [4.69, 9.17) is 15.2 Å². The second-order valence-electron chi connectivity index (χ2n) is 11.7. The standard InChI is InChI=1S/C26H43N7O4S2/c27-16-3-1-2-4-17(16)31-14-9-18(22(25(28)35)29-11-14)32-20-12-30-26(39-20)15-13-38-24-19(34)10-21(37-23(15)24)33-5-7-36-8-6-33/h10,14-18,20,22-24,26,29-32H,1-9,11-13,27H2,(H2,28,35)/p+1/t14?,15?,16-,17+,18?,20?,22?,23?,24?,26?/m1/s1. The summed E-state index contributed by atoms with van der Waals surface area (Å²) in [5.74, 6) is 1.66. The minimum atomic E-state index is -0.392. The third kappa shape index (κ3) is 6.25. The van der Waals surface area contributed by atoms with Crippen LogP contribution in [0, 0.1) is 5.92 Å². The number of piperidine rings is 1. The fraction of sp³-hybridized carbons (Fsp3) is 0.846. The number of rotatable bonds is 7. The molecule has 10 atom stereocenters. The Morgan fingerprint density at radius 1 is 1.13 bits per heavy atom. The average Bonchev–Trinajstić information content (AvgIpc) is 3.58. The van der Waals surface area contributed by atoms with Crippen molar-refractivity contribution in [3.05, 3.63) is 12.0 Å². The molecule has 0 radical (unpaired) electrons. The molecule has 0 bridgehead atoms. The van der Waals surface area contributed by atoms with Gasteiger partial charge in [0.05, 0.1) is 36.0 Å². The molecule has 0 spiro atoms. The molecule has 5 fully saturated rings. The van der Waals surface area contributed by atoms with Crippen LogP contribution in [-0.2, 0) is 19.1 Å². The Labute approximate surface area is 239 Å². The Morgan fingerprint density at radius 2 is 1.95 bits per heavy atom. The molecular weight excluding hydrogens is 538 g/mol. The number of nitrogens with zero attached hydrogens (tertiary/aromatic N) is 1. The molecule has 0 aromatic carbocycles. The van der Waals surface area contributed by atoms with E-state index in [0.29, 0.717) is 31.2 Å². The summed E-state index contributed by atoms with van der Waals surface area (Å²) in [6, 6.07) is 0.713. The fourth-order valence-corrected chi connectivity index (χ4v) is 10.0. The Balaban J connectivity index is 1.06. The zero-order valence-corrected chi connectivity index (χ0v) is 24.2. The quantitative estimate of drug-likeness (QED) is 0.201. The maximum Gasteiger partial charge on any atom is 0.236 e. The summed E-state index contributed by atoms with van der Waals surface area (Å²) in [6.45, 7) is 4.34. The van der Waals surface area contributed by atoms with Crippen molar-refractivity contribution in [2.45, 2.75) is 84.4 Å². The lowest BCUT2D eigenvalue weighted by molar-refractivity contribution is -0.431. The van der Waals surface area contributed by atoms with Crippen LogP contribution in [0.1, 0.15) is 32.1 Å². The van der Waals surface area contributed by atoms with Crippen LogP contribution in [0.3, 0.4) is 0 Å². The van der Waals surface area contributed by atoms with Gasteiger partial charge in [0.25, 0.3) is 0 Å². The number of primary amides is 1. The van der Waals surface area contributed by atoms with Crippen molar-refractivity contribution in [1.82, 2.24) is 26.2 Å². The molecular formula is C26H44N7O4S2+. The van der Waals surface area contributed by atoms with Gasteiger partial charge in [-0.05, 0) is 19.3 Å². The molecule has 11 nitrogen and oxygen atoms in total. The molecule has 39 heavy (non-hydrogen) atoms. The number of thioether (sulfide) groups is 2. The first kappa shape index (κ1) is 28.1. The van der Waals surface area contributed by atoms with Crippen molar-refractivity contribution in [3.63, 3.8) is 0 Å². The van der Waals surface area contributed by atoms with Crippen molar-refractivity contribution in [2.75, 3.05) is 45.1 Å². The highest BCUT2D eigenvalue weighted by Crippen LogP contribution is 2.44. The van der Waals surface area contributed by atoms with Crippen LogP contribution in [0.5, 0.6) is 0 Å². The van der Waals surface area contributed by atoms with Crippen molar-refractivity contribution < 1.29 is 24.8 Å². The number of nitrogens with one attached hydrogen (secondary N) is 4. The second-order valence-corrected chi connectivity index (χ2v) is 14.3. The number of carbonyl (C=O) groups is 2. The van der Waals surface area contributed by atoms with Crippen LogP contribution in [0.25, 0.3) is 0 Å².